The molecule has 0 radical (unpaired) electrons. The van der Waals surface area contributed by atoms with Crippen LogP contribution >= 0.6 is 11.3 Å². The molecule has 0 fully saturated rings. The number of para-hydroxylation sites is 1. The topological polar surface area (TPSA) is 26.3 Å². The number of rotatable bonds is 4. The van der Waals surface area contributed by atoms with Crippen LogP contribution in [0.4, 0.5) is 0 Å². The highest BCUT2D eigenvalue weighted by Crippen LogP contribution is 2.34. The van der Waals surface area contributed by atoms with Crippen LogP contribution in [0, 0.1) is 0 Å². The molecule has 1 aromatic carbocycles. The van der Waals surface area contributed by atoms with E-state index < -0.39 is 0 Å². The number of carbonyl (C=O) groups is 1. The van der Waals surface area contributed by atoms with E-state index in [1.165, 1.54) is 11.3 Å². The minimum atomic E-state index is 0.642. The summed E-state index contributed by atoms with van der Waals surface area (Å²) in [5, 5.41) is 0. The van der Waals surface area contributed by atoms with Crippen molar-refractivity contribution in [2.45, 2.75) is 6.92 Å². The van der Waals surface area contributed by atoms with Gasteiger partial charge in [0.25, 0.3) is 0 Å². The summed E-state index contributed by atoms with van der Waals surface area (Å²) < 4.78 is 5.55. The highest BCUT2D eigenvalue weighted by atomic mass is 32.1. The van der Waals surface area contributed by atoms with Crippen LogP contribution in [0.15, 0.2) is 36.4 Å². The first-order valence-corrected chi connectivity index (χ1v) is 5.94. The summed E-state index contributed by atoms with van der Waals surface area (Å²) in [7, 11) is 0. The number of hydrogen-bond donors (Lipinski definition) is 0. The average molecular weight is 232 g/mol. The molecule has 0 amide bonds. The van der Waals surface area contributed by atoms with Crippen molar-refractivity contribution in [3.05, 3.63) is 41.3 Å². The molecule has 0 N–H and O–H groups in total. The molecule has 1 heterocycles. The minimum absolute atomic E-state index is 0.642. The first kappa shape index (κ1) is 10.9. The molecule has 2 rings (SSSR count). The van der Waals surface area contributed by atoms with Crippen LogP contribution in [0.5, 0.6) is 5.75 Å². The van der Waals surface area contributed by atoms with Gasteiger partial charge in [-0.2, -0.15) is 0 Å². The molecule has 3 heteroatoms. The Hall–Kier alpha value is -1.61. The van der Waals surface area contributed by atoms with Gasteiger partial charge in [-0.15, -0.1) is 11.3 Å². The highest BCUT2D eigenvalue weighted by molar-refractivity contribution is 7.17. The summed E-state index contributed by atoms with van der Waals surface area (Å²) >= 11 is 1.48. The number of ether oxygens (including phenoxy) is 1. The van der Waals surface area contributed by atoms with Crippen LogP contribution in [0.25, 0.3) is 10.4 Å². The standard InChI is InChI=1S/C13H12O2S/c1-2-15-12-6-4-3-5-11(12)13-8-7-10(9-14)16-13/h3-9H,2H2,1H3. The second-order valence-electron chi connectivity index (χ2n) is 3.25. The Kier molecular flexibility index (Phi) is 3.37. The van der Waals surface area contributed by atoms with Gasteiger partial charge < -0.3 is 4.74 Å². The SMILES string of the molecule is CCOc1ccccc1-c1ccc(C=O)s1. The van der Waals surface area contributed by atoms with Gasteiger partial charge >= 0.3 is 0 Å². The third-order valence-electron chi connectivity index (χ3n) is 2.20. The van der Waals surface area contributed by atoms with Crippen molar-refractivity contribution >= 4 is 17.6 Å². The zero-order valence-electron chi connectivity index (χ0n) is 8.97. The number of benzene rings is 1. The van der Waals surface area contributed by atoms with E-state index in [9.17, 15) is 4.79 Å². The van der Waals surface area contributed by atoms with E-state index in [-0.39, 0.29) is 0 Å². The van der Waals surface area contributed by atoms with Gasteiger partial charge in [0.15, 0.2) is 6.29 Å². The van der Waals surface area contributed by atoms with Crippen molar-refractivity contribution in [3.8, 4) is 16.2 Å². The molecule has 16 heavy (non-hydrogen) atoms. The summed E-state index contributed by atoms with van der Waals surface area (Å²) in [5.74, 6) is 0.865. The largest absolute Gasteiger partial charge is 0.493 e. The quantitative estimate of drug-likeness (QED) is 0.752. The lowest BCUT2D eigenvalue weighted by molar-refractivity contribution is 0.112. The second-order valence-corrected chi connectivity index (χ2v) is 4.36. The van der Waals surface area contributed by atoms with Crippen molar-refractivity contribution < 1.29 is 9.53 Å². The zero-order chi connectivity index (χ0) is 11.4. The van der Waals surface area contributed by atoms with Gasteiger partial charge in [-0.3, -0.25) is 4.79 Å². The molecule has 0 spiro atoms. The normalized spacial score (nSPS) is 10.1. The van der Waals surface area contributed by atoms with Crippen LogP contribution in [0.1, 0.15) is 16.6 Å². The highest BCUT2D eigenvalue weighted by Gasteiger charge is 2.07. The number of carbonyl (C=O) groups excluding carboxylic acids is 1. The fraction of sp³-hybridized carbons (Fsp3) is 0.154. The molecule has 2 aromatic rings. The van der Waals surface area contributed by atoms with Crippen molar-refractivity contribution in [2.75, 3.05) is 6.61 Å². The molecule has 1 aromatic heterocycles. The second kappa shape index (κ2) is 4.94. The van der Waals surface area contributed by atoms with Crippen molar-refractivity contribution in [3.63, 3.8) is 0 Å². The van der Waals surface area contributed by atoms with Gasteiger partial charge in [0.05, 0.1) is 11.5 Å². The van der Waals surface area contributed by atoms with Crippen molar-refractivity contribution in [1.82, 2.24) is 0 Å². The predicted molar refractivity (Wildman–Crippen MR) is 66.3 cm³/mol. The lowest BCUT2D eigenvalue weighted by Crippen LogP contribution is -1.92. The molecule has 0 saturated carbocycles. The van der Waals surface area contributed by atoms with E-state index in [2.05, 4.69) is 0 Å². The maximum absolute atomic E-state index is 10.6. The minimum Gasteiger partial charge on any atom is -0.493 e. The lowest BCUT2D eigenvalue weighted by Gasteiger charge is -2.07. The van der Waals surface area contributed by atoms with Gasteiger partial charge in [0.2, 0.25) is 0 Å². The van der Waals surface area contributed by atoms with Crippen molar-refractivity contribution in [1.29, 1.82) is 0 Å². The molecule has 0 unspecified atom stereocenters. The molecule has 82 valence electrons. The molecule has 2 nitrogen and oxygen atoms in total. The van der Waals surface area contributed by atoms with E-state index in [0.29, 0.717) is 6.61 Å². The molecular weight excluding hydrogens is 220 g/mol. The Morgan fingerprint density at radius 2 is 2.06 bits per heavy atom. The fourth-order valence-electron chi connectivity index (χ4n) is 1.51. The number of thiophene rings is 1. The number of hydrogen-bond acceptors (Lipinski definition) is 3. The Bertz CT molecular complexity index is 488. The fourth-order valence-corrected chi connectivity index (χ4v) is 2.37. The molecule has 0 aliphatic carbocycles. The molecule has 0 saturated heterocycles. The van der Waals surface area contributed by atoms with Crippen LogP contribution in [0.3, 0.4) is 0 Å². The van der Waals surface area contributed by atoms with E-state index in [1.54, 1.807) is 0 Å². The maximum Gasteiger partial charge on any atom is 0.160 e. The molecule has 0 atom stereocenters. The third kappa shape index (κ3) is 2.14. The smallest absolute Gasteiger partial charge is 0.160 e. The van der Waals surface area contributed by atoms with E-state index in [1.807, 2.05) is 43.3 Å². The molecular formula is C13H12O2S. The van der Waals surface area contributed by atoms with Gasteiger partial charge in [0.1, 0.15) is 5.75 Å². The number of aldehydes is 1. The molecule has 0 bridgehead atoms. The summed E-state index contributed by atoms with van der Waals surface area (Å²) in [6.07, 6.45) is 0.872. The van der Waals surface area contributed by atoms with Gasteiger partial charge in [-0.1, -0.05) is 12.1 Å². The van der Waals surface area contributed by atoms with Crippen LogP contribution in [-0.4, -0.2) is 12.9 Å². The lowest BCUT2D eigenvalue weighted by atomic mass is 10.1. The average Bonchev–Trinajstić information content (AvgIpc) is 2.79. The van der Waals surface area contributed by atoms with Crippen LogP contribution in [-0.2, 0) is 0 Å². The Morgan fingerprint density at radius 1 is 1.25 bits per heavy atom. The van der Waals surface area contributed by atoms with Gasteiger partial charge in [0, 0.05) is 10.4 Å². The summed E-state index contributed by atoms with van der Waals surface area (Å²) in [6.45, 7) is 2.60. The first-order chi connectivity index (χ1) is 7.85. The van der Waals surface area contributed by atoms with Gasteiger partial charge in [-0.05, 0) is 31.2 Å². The Balaban J connectivity index is 2.42. The maximum atomic E-state index is 10.6. The van der Waals surface area contributed by atoms with Crippen LogP contribution in [0.2, 0.25) is 0 Å². The van der Waals surface area contributed by atoms with E-state index in [4.69, 9.17) is 4.74 Å². The first-order valence-electron chi connectivity index (χ1n) is 5.12. The zero-order valence-corrected chi connectivity index (χ0v) is 9.79. The van der Waals surface area contributed by atoms with E-state index >= 15 is 0 Å². The summed E-state index contributed by atoms with van der Waals surface area (Å²) in [4.78, 5) is 12.4. The predicted octanol–water partition coefficient (Wildman–Crippen LogP) is 3.63. The van der Waals surface area contributed by atoms with Crippen LogP contribution < -0.4 is 4.74 Å². The summed E-state index contributed by atoms with van der Waals surface area (Å²) in [6, 6.07) is 11.6. The third-order valence-corrected chi connectivity index (χ3v) is 3.24. The summed E-state index contributed by atoms with van der Waals surface area (Å²) in [5.41, 5.74) is 1.04. The van der Waals surface area contributed by atoms with Crippen molar-refractivity contribution in [2.24, 2.45) is 0 Å². The Morgan fingerprint density at radius 3 is 2.75 bits per heavy atom. The Labute approximate surface area is 98.5 Å². The molecule has 0 aliphatic heterocycles. The monoisotopic (exact) mass is 232 g/mol. The molecule has 0 aliphatic rings. The van der Waals surface area contributed by atoms with Gasteiger partial charge in [-0.25, -0.2) is 0 Å². The van der Waals surface area contributed by atoms with E-state index in [0.717, 1.165) is 27.4 Å².